The summed E-state index contributed by atoms with van der Waals surface area (Å²) < 4.78 is 1.07. The topological polar surface area (TPSA) is 79.4 Å². The summed E-state index contributed by atoms with van der Waals surface area (Å²) in [4.78, 5) is 13.0. The minimum absolute atomic E-state index is 0.579. The molecular formula is C10H13IN6. The van der Waals surface area contributed by atoms with Gasteiger partial charge < -0.3 is 5.32 Å². The first-order chi connectivity index (χ1) is 8.26. The fourth-order valence-corrected chi connectivity index (χ4v) is 2.26. The first-order valence-electron chi connectivity index (χ1n) is 5.36. The van der Waals surface area contributed by atoms with Crippen molar-refractivity contribution in [2.45, 2.75) is 19.8 Å². The van der Waals surface area contributed by atoms with Crippen LogP contribution >= 0.6 is 22.6 Å². The van der Waals surface area contributed by atoms with E-state index in [-0.39, 0.29) is 0 Å². The SMILES string of the molecule is CCCc1nc(-c2ncn[nH]2)nc(NC)c1I. The lowest BCUT2D eigenvalue weighted by Crippen LogP contribution is -2.06. The molecule has 0 atom stereocenters. The molecule has 0 amide bonds. The minimum atomic E-state index is 0.579. The van der Waals surface area contributed by atoms with Gasteiger partial charge in [0.1, 0.15) is 12.1 Å². The number of hydrogen-bond donors (Lipinski definition) is 2. The number of nitrogens with zero attached hydrogens (tertiary/aromatic N) is 4. The number of aromatic amines is 1. The van der Waals surface area contributed by atoms with Crippen LogP contribution in [0.5, 0.6) is 0 Å². The number of nitrogens with one attached hydrogen (secondary N) is 2. The average Bonchev–Trinajstić information content (AvgIpc) is 2.85. The lowest BCUT2D eigenvalue weighted by molar-refractivity contribution is 0.864. The number of rotatable bonds is 4. The second kappa shape index (κ2) is 5.39. The van der Waals surface area contributed by atoms with Crippen LogP contribution < -0.4 is 5.32 Å². The second-order valence-electron chi connectivity index (χ2n) is 3.49. The quantitative estimate of drug-likeness (QED) is 0.828. The standard InChI is InChI=1S/C10H13IN6/c1-3-4-6-7(11)8(12-2)16-10(15-6)9-13-5-14-17-9/h5H,3-4H2,1-2H3,(H,12,15,16)(H,13,14,17). The highest BCUT2D eigenvalue weighted by molar-refractivity contribution is 14.1. The monoisotopic (exact) mass is 344 g/mol. The Morgan fingerprint density at radius 2 is 2.24 bits per heavy atom. The number of hydrogen-bond acceptors (Lipinski definition) is 5. The van der Waals surface area contributed by atoms with Gasteiger partial charge in [-0.2, -0.15) is 5.10 Å². The Bertz CT molecular complexity index is 496. The molecule has 6 nitrogen and oxygen atoms in total. The van der Waals surface area contributed by atoms with E-state index in [4.69, 9.17) is 0 Å². The Hall–Kier alpha value is -1.25. The molecule has 0 aliphatic carbocycles. The maximum Gasteiger partial charge on any atom is 0.199 e. The van der Waals surface area contributed by atoms with Crippen LogP contribution in [0.25, 0.3) is 11.6 Å². The summed E-state index contributed by atoms with van der Waals surface area (Å²) in [6.45, 7) is 2.13. The van der Waals surface area contributed by atoms with E-state index in [1.54, 1.807) is 0 Å². The summed E-state index contributed by atoms with van der Waals surface area (Å²) in [5, 5.41) is 9.67. The molecule has 0 spiro atoms. The third kappa shape index (κ3) is 2.54. The van der Waals surface area contributed by atoms with Crippen molar-refractivity contribution in [3.8, 4) is 11.6 Å². The molecule has 2 rings (SSSR count). The predicted octanol–water partition coefficient (Wildman–Crippen LogP) is 1.86. The highest BCUT2D eigenvalue weighted by atomic mass is 127. The second-order valence-corrected chi connectivity index (χ2v) is 4.57. The molecule has 0 fully saturated rings. The molecule has 0 bridgehead atoms. The van der Waals surface area contributed by atoms with Crippen molar-refractivity contribution < 1.29 is 0 Å². The number of aromatic nitrogens is 5. The van der Waals surface area contributed by atoms with Gasteiger partial charge in [0, 0.05) is 7.05 Å². The third-order valence-electron chi connectivity index (χ3n) is 2.27. The number of anilines is 1. The molecule has 90 valence electrons. The van der Waals surface area contributed by atoms with Crippen molar-refractivity contribution in [2.75, 3.05) is 12.4 Å². The average molecular weight is 344 g/mol. The van der Waals surface area contributed by atoms with Crippen LogP contribution in [0.4, 0.5) is 5.82 Å². The Balaban J connectivity index is 2.50. The van der Waals surface area contributed by atoms with E-state index in [2.05, 4.69) is 60.0 Å². The molecule has 0 unspecified atom stereocenters. The maximum atomic E-state index is 4.52. The lowest BCUT2D eigenvalue weighted by Gasteiger charge is -2.09. The van der Waals surface area contributed by atoms with Crippen LogP contribution in [0.3, 0.4) is 0 Å². The van der Waals surface area contributed by atoms with E-state index in [0.29, 0.717) is 11.6 Å². The number of H-pyrrole nitrogens is 1. The first-order valence-corrected chi connectivity index (χ1v) is 6.44. The zero-order valence-corrected chi connectivity index (χ0v) is 11.8. The van der Waals surface area contributed by atoms with Gasteiger partial charge >= 0.3 is 0 Å². The van der Waals surface area contributed by atoms with E-state index in [0.717, 1.165) is 27.9 Å². The van der Waals surface area contributed by atoms with Crippen LogP contribution in [0.1, 0.15) is 19.0 Å². The smallest absolute Gasteiger partial charge is 0.199 e. The molecule has 0 radical (unpaired) electrons. The Morgan fingerprint density at radius 1 is 1.41 bits per heavy atom. The summed E-state index contributed by atoms with van der Waals surface area (Å²) in [5.74, 6) is 2.00. The number of halogens is 1. The van der Waals surface area contributed by atoms with Crippen molar-refractivity contribution >= 4 is 28.4 Å². The third-order valence-corrected chi connectivity index (χ3v) is 3.40. The van der Waals surface area contributed by atoms with Crippen molar-refractivity contribution in [3.05, 3.63) is 15.6 Å². The van der Waals surface area contributed by atoms with Crippen LogP contribution in [-0.4, -0.2) is 32.2 Å². The van der Waals surface area contributed by atoms with Crippen molar-refractivity contribution in [3.63, 3.8) is 0 Å². The Morgan fingerprint density at radius 3 is 2.82 bits per heavy atom. The summed E-state index contributed by atoms with van der Waals surface area (Å²) in [6.07, 6.45) is 3.43. The first kappa shape index (κ1) is 12.2. The van der Waals surface area contributed by atoms with E-state index in [9.17, 15) is 0 Å². The molecule has 0 aliphatic rings. The largest absolute Gasteiger partial charge is 0.372 e. The van der Waals surface area contributed by atoms with Crippen LogP contribution in [-0.2, 0) is 6.42 Å². The number of aryl methyl sites for hydroxylation is 1. The van der Waals surface area contributed by atoms with E-state index >= 15 is 0 Å². The molecule has 0 aliphatic heterocycles. The van der Waals surface area contributed by atoms with E-state index in [1.165, 1.54) is 6.33 Å². The fraction of sp³-hybridized carbons (Fsp3) is 0.400. The van der Waals surface area contributed by atoms with Crippen LogP contribution in [0, 0.1) is 3.57 Å². The molecule has 2 aromatic rings. The maximum absolute atomic E-state index is 4.52. The van der Waals surface area contributed by atoms with Gasteiger partial charge in [-0.25, -0.2) is 15.0 Å². The fourth-order valence-electron chi connectivity index (χ4n) is 1.48. The lowest BCUT2D eigenvalue weighted by atomic mass is 10.2. The molecule has 17 heavy (non-hydrogen) atoms. The van der Waals surface area contributed by atoms with Gasteiger partial charge in [0.15, 0.2) is 11.6 Å². The molecular weight excluding hydrogens is 331 g/mol. The molecule has 2 aromatic heterocycles. The van der Waals surface area contributed by atoms with Crippen molar-refractivity contribution in [1.29, 1.82) is 0 Å². The molecule has 2 N–H and O–H groups in total. The Kier molecular flexibility index (Phi) is 3.87. The van der Waals surface area contributed by atoms with E-state index < -0.39 is 0 Å². The van der Waals surface area contributed by atoms with Crippen molar-refractivity contribution in [2.24, 2.45) is 0 Å². The molecule has 2 heterocycles. The zero-order valence-electron chi connectivity index (χ0n) is 9.66. The van der Waals surface area contributed by atoms with Gasteiger partial charge in [-0.3, -0.25) is 5.10 Å². The predicted molar refractivity (Wildman–Crippen MR) is 73.7 cm³/mol. The van der Waals surface area contributed by atoms with Gasteiger partial charge in [-0.05, 0) is 29.0 Å². The summed E-state index contributed by atoms with van der Waals surface area (Å²) >= 11 is 2.27. The van der Waals surface area contributed by atoms with Crippen LogP contribution in [0.15, 0.2) is 6.33 Å². The normalized spacial score (nSPS) is 10.5. The molecule has 0 saturated carbocycles. The summed E-state index contributed by atoms with van der Waals surface area (Å²) in [7, 11) is 1.85. The molecule has 0 aromatic carbocycles. The van der Waals surface area contributed by atoms with Gasteiger partial charge in [0.05, 0.1) is 9.26 Å². The van der Waals surface area contributed by atoms with Gasteiger partial charge in [0.25, 0.3) is 0 Å². The van der Waals surface area contributed by atoms with Crippen molar-refractivity contribution in [1.82, 2.24) is 25.1 Å². The van der Waals surface area contributed by atoms with Gasteiger partial charge in [-0.15, -0.1) is 0 Å². The highest BCUT2D eigenvalue weighted by Crippen LogP contribution is 2.22. The molecule has 0 saturated heterocycles. The minimum Gasteiger partial charge on any atom is -0.372 e. The summed E-state index contributed by atoms with van der Waals surface area (Å²) in [6, 6.07) is 0. The highest BCUT2D eigenvalue weighted by Gasteiger charge is 2.13. The van der Waals surface area contributed by atoms with Gasteiger partial charge in [-0.1, -0.05) is 13.3 Å². The summed E-state index contributed by atoms with van der Waals surface area (Å²) in [5.41, 5.74) is 1.04. The van der Waals surface area contributed by atoms with Crippen LogP contribution in [0.2, 0.25) is 0 Å². The van der Waals surface area contributed by atoms with Gasteiger partial charge in [0.2, 0.25) is 0 Å². The Labute approximate surface area is 113 Å². The zero-order chi connectivity index (χ0) is 12.3. The van der Waals surface area contributed by atoms with E-state index in [1.807, 2.05) is 7.05 Å². The molecule has 7 heteroatoms.